The van der Waals surface area contributed by atoms with E-state index in [1.165, 1.54) is 35.4 Å². The number of phenols is 1. The Labute approximate surface area is 184 Å². The highest BCUT2D eigenvalue weighted by Crippen LogP contribution is 2.29. The lowest BCUT2D eigenvalue weighted by Gasteiger charge is -2.20. The van der Waals surface area contributed by atoms with Crippen molar-refractivity contribution < 1.29 is 14.8 Å². The molecular formula is C26H31NO4. The Hall–Kier alpha value is -3.34. The van der Waals surface area contributed by atoms with Crippen LogP contribution in [0.3, 0.4) is 0 Å². The number of phenolic OH excluding ortho intramolecular Hbond substituents is 1. The Morgan fingerprint density at radius 3 is 1.32 bits per heavy atom. The maximum atomic E-state index is 10.0. The van der Waals surface area contributed by atoms with Crippen LogP contribution in [0.1, 0.15) is 52.7 Å². The van der Waals surface area contributed by atoms with Crippen molar-refractivity contribution in [2.45, 2.75) is 52.4 Å². The molecule has 0 saturated heterocycles. The lowest BCUT2D eigenvalue weighted by atomic mass is 9.87. The number of non-ortho nitro benzene ring substituents is 1. The van der Waals surface area contributed by atoms with Gasteiger partial charge in [-0.3, -0.25) is 10.1 Å². The number of hydrogen-bond donors (Lipinski definition) is 1. The highest BCUT2D eigenvalue weighted by atomic mass is 16.6. The Kier molecular flexibility index (Phi) is 7.45. The van der Waals surface area contributed by atoms with Crippen LogP contribution >= 0.6 is 0 Å². The quantitative estimate of drug-likeness (QED) is 0.354. The van der Waals surface area contributed by atoms with Gasteiger partial charge in [-0.1, -0.05) is 65.8 Å². The van der Waals surface area contributed by atoms with E-state index >= 15 is 0 Å². The van der Waals surface area contributed by atoms with Crippen molar-refractivity contribution in [3.63, 3.8) is 0 Å². The van der Waals surface area contributed by atoms with Gasteiger partial charge in [0.25, 0.3) is 5.69 Å². The van der Waals surface area contributed by atoms with Crippen molar-refractivity contribution in [2.75, 3.05) is 0 Å². The number of nitrogens with zero attached hydrogens (tertiary/aromatic N) is 1. The molecule has 0 aliphatic carbocycles. The molecule has 0 heterocycles. The molecule has 0 aliphatic rings. The lowest BCUT2D eigenvalue weighted by molar-refractivity contribution is -0.384. The highest BCUT2D eigenvalue weighted by Gasteiger charge is 2.14. The van der Waals surface area contributed by atoms with Gasteiger partial charge in [0.05, 0.1) is 4.92 Å². The van der Waals surface area contributed by atoms with Crippen LogP contribution in [0.25, 0.3) is 0 Å². The van der Waals surface area contributed by atoms with Gasteiger partial charge in [-0.15, -0.1) is 0 Å². The van der Waals surface area contributed by atoms with Crippen LogP contribution in [-0.4, -0.2) is 10.0 Å². The van der Waals surface area contributed by atoms with E-state index in [0.29, 0.717) is 0 Å². The van der Waals surface area contributed by atoms with Crippen molar-refractivity contribution in [1.82, 2.24) is 0 Å². The second-order valence-corrected chi connectivity index (χ2v) is 9.42. The third-order valence-electron chi connectivity index (χ3n) is 4.74. The van der Waals surface area contributed by atoms with Gasteiger partial charge >= 0.3 is 0 Å². The molecule has 164 valence electrons. The Morgan fingerprint density at radius 1 is 0.677 bits per heavy atom. The molecule has 3 aromatic carbocycles. The molecule has 0 aliphatic heterocycles. The first kappa shape index (κ1) is 23.9. The first-order valence-corrected chi connectivity index (χ1v) is 10.2. The van der Waals surface area contributed by atoms with Gasteiger partial charge in [0.15, 0.2) is 0 Å². The molecule has 0 fully saturated rings. The van der Waals surface area contributed by atoms with Crippen LogP contribution in [0.5, 0.6) is 17.2 Å². The van der Waals surface area contributed by atoms with E-state index in [4.69, 9.17) is 9.84 Å². The maximum absolute atomic E-state index is 10.0. The smallest absolute Gasteiger partial charge is 0.269 e. The zero-order chi connectivity index (χ0) is 23.2. The van der Waals surface area contributed by atoms with Crippen molar-refractivity contribution in [3.8, 4) is 17.2 Å². The fourth-order valence-corrected chi connectivity index (χ4v) is 2.76. The fraction of sp³-hybridized carbons (Fsp3) is 0.308. The molecule has 0 spiro atoms. The zero-order valence-corrected chi connectivity index (χ0v) is 19.0. The number of nitro groups is 1. The molecule has 0 radical (unpaired) electrons. The minimum absolute atomic E-state index is 0.0159. The van der Waals surface area contributed by atoms with E-state index < -0.39 is 4.92 Å². The summed E-state index contributed by atoms with van der Waals surface area (Å²) in [6.07, 6.45) is 0. The second kappa shape index (κ2) is 9.65. The summed E-state index contributed by atoms with van der Waals surface area (Å²) in [6, 6.07) is 21.8. The molecule has 1 N–H and O–H groups in total. The molecular weight excluding hydrogens is 390 g/mol. The average Bonchev–Trinajstić information content (AvgIpc) is 2.68. The van der Waals surface area contributed by atoms with Crippen molar-refractivity contribution in [1.29, 1.82) is 0 Å². The summed E-state index contributed by atoms with van der Waals surface area (Å²) >= 11 is 0. The molecule has 0 atom stereocenters. The van der Waals surface area contributed by atoms with Gasteiger partial charge in [0.2, 0.25) is 0 Å². The van der Waals surface area contributed by atoms with Crippen LogP contribution in [0, 0.1) is 10.1 Å². The van der Waals surface area contributed by atoms with Gasteiger partial charge in [-0.05, 0) is 58.4 Å². The van der Waals surface area contributed by atoms with Crippen LogP contribution < -0.4 is 4.74 Å². The summed E-state index contributed by atoms with van der Waals surface area (Å²) in [6.45, 7) is 13.3. The molecule has 0 amide bonds. The van der Waals surface area contributed by atoms with Crippen LogP contribution in [0.15, 0.2) is 72.8 Å². The first-order chi connectivity index (χ1) is 14.4. The number of aromatic hydroxyl groups is 1. The topological polar surface area (TPSA) is 72.6 Å². The van der Waals surface area contributed by atoms with Crippen molar-refractivity contribution in [3.05, 3.63) is 94.0 Å². The minimum Gasteiger partial charge on any atom is -0.508 e. The molecule has 0 saturated carbocycles. The molecule has 0 unspecified atom stereocenters. The molecule has 3 rings (SSSR count). The van der Waals surface area contributed by atoms with Crippen molar-refractivity contribution in [2.24, 2.45) is 0 Å². The van der Waals surface area contributed by atoms with E-state index in [0.717, 1.165) is 11.5 Å². The molecule has 0 aromatic heterocycles. The average molecular weight is 422 g/mol. The van der Waals surface area contributed by atoms with E-state index in [-0.39, 0.29) is 22.3 Å². The van der Waals surface area contributed by atoms with Crippen LogP contribution in [0.4, 0.5) is 5.69 Å². The summed E-state index contributed by atoms with van der Waals surface area (Å²) in [4.78, 5) is 9.52. The second-order valence-electron chi connectivity index (χ2n) is 9.42. The van der Waals surface area contributed by atoms with Crippen molar-refractivity contribution >= 4 is 5.69 Å². The largest absolute Gasteiger partial charge is 0.508 e. The van der Waals surface area contributed by atoms with Gasteiger partial charge < -0.3 is 9.84 Å². The van der Waals surface area contributed by atoms with E-state index in [1.807, 2.05) is 24.3 Å². The van der Waals surface area contributed by atoms with Gasteiger partial charge in [-0.2, -0.15) is 0 Å². The predicted octanol–water partition coefficient (Wildman–Crippen LogP) is 7.37. The first-order valence-electron chi connectivity index (χ1n) is 10.2. The standard InChI is InChI=1S/C20H26O.C6H5NO3/c1-19(2,3)15-7-11-17(12-8-15)21-18-13-9-16(10-14-18)20(4,5)6;8-6-3-1-5(2-4-6)7(9)10/h7-14H,1-6H3;1-4,8H. The summed E-state index contributed by atoms with van der Waals surface area (Å²) in [5, 5.41) is 18.8. The number of rotatable bonds is 3. The molecule has 0 bridgehead atoms. The number of benzene rings is 3. The zero-order valence-electron chi connectivity index (χ0n) is 19.0. The third kappa shape index (κ3) is 7.45. The Bertz CT molecular complexity index is 923. The third-order valence-corrected chi connectivity index (χ3v) is 4.74. The fourth-order valence-electron chi connectivity index (χ4n) is 2.76. The SMILES string of the molecule is CC(C)(C)c1ccc(Oc2ccc(C(C)(C)C)cc2)cc1.O=[N+]([O-])c1ccc(O)cc1. The summed E-state index contributed by atoms with van der Waals surface area (Å²) < 4.78 is 5.91. The molecule has 5 heteroatoms. The predicted molar refractivity (Wildman–Crippen MR) is 125 cm³/mol. The number of ether oxygens (including phenoxy) is 1. The van der Waals surface area contributed by atoms with E-state index in [1.54, 1.807) is 0 Å². The Morgan fingerprint density at radius 2 is 1.03 bits per heavy atom. The van der Waals surface area contributed by atoms with Gasteiger partial charge in [-0.25, -0.2) is 0 Å². The van der Waals surface area contributed by atoms with E-state index in [9.17, 15) is 10.1 Å². The molecule has 5 nitrogen and oxygen atoms in total. The molecule has 3 aromatic rings. The van der Waals surface area contributed by atoms with E-state index in [2.05, 4.69) is 65.8 Å². The highest BCUT2D eigenvalue weighted by molar-refractivity contribution is 5.37. The van der Waals surface area contributed by atoms with Crippen LogP contribution in [0.2, 0.25) is 0 Å². The monoisotopic (exact) mass is 421 g/mol. The number of nitro benzene ring substituents is 1. The maximum Gasteiger partial charge on any atom is 0.269 e. The Balaban J connectivity index is 0.000000285. The number of hydrogen-bond acceptors (Lipinski definition) is 4. The summed E-state index contributed by atoms with van der Waals surface area (Å²) in [5.74, 6) is 1.80. The normalized spacial score (nSPS) is 11.3. The minimum atomic E-state index is -0.514. The van der Waals surface area contributed by atoms with Gasteiger partial charge in [0, 0.05) is 12.1 Å². The van der Waals surface area contributed by atoms with Gasteiger partial charge in [0.1, 0.15) is 17.2 Å². The summed E-state index contributed by atoms with van der Waals surface area (Å²) in [5.41, 5.74) is 2.97. The lowest BCUT2D eigenvalue weighted by Crippen LogP contribution is -2.10. The molecule has 31 heavy (non-hydrogen) atoms. The summed E-state index contributed by atoms with van der Waals surface area (Å²) in [7, 11) is 0. The van der Waals surface area contributed by atoms with Crippen LogP contribution in [-0.2, 0) is 10.8 Å².